The highest BCUT2D eigenvalue weighted by Gasteiger charge is 2.26. The third-order valence-corrected chi connectivity index (χ3v) is 4.85. The van der Waals surface area contributed by atoms with Gasteiger partial charge in [-0.05, 0) is 85.0 Å². The second-order valence-electron chi connectivity index (χ2n) is 8.34. The first-order valence-corrected chi connectivity index (χ1v) is 9.20. The fourth-order valence-corrected chi connectivity index (χ4v) is 3.58. The molecule has 0 bridgehead atoms. The van der Waals surface area contributed by atoms with Gasteiger partial charge in [0.25, 0.3) is 0 Å². The van der Waals surface area contributed by atoms with Crippen molar-refractivity contribution in [2.45, 2.75) is 52.1 Å². The SMILES string of the molecule is CN1CCCC(CNCC2CCN(C(=O)OC(C)(C)C)CC2)C1. The van der Waals surface area contributed by atoms with Crippen LogP contribution in [0.15, 0.2) is 0 Å². The highest BCUT2D eigenvalue weighted by molar-refractivity contribution is 5.68. The summed E-state index contributed by atoms with van der Waals surface area (Å²) < 4.78 is 5.45. The molecule has 134 valence electrons. The average Bonchev–Trinajstić information content (AvgIpc) is 2.46. The first kappa shape index (κ1) is 18.5. The van der Waals surface area contributed by atoms with Gasteiger partial charge in [-0.2, -0.15) is 0 Å². The van der Waals surface area contributed by atoms with Crippen LogP contribution in [0.25, 0.3) is 0 Å². The quantitative estimate of drug-likeness (QED) is 0.863. The predicted molar refractivity (Wildman–Crippen MR) is 93.6 cm³/mol. The molecule has 2 rings (SSSR count). The monoisotopic (exact) mass is 325 g/mol. The summed E-state index contributed by atoms with van der Waals surface area (Å²) in [6.07, 6.45) is 4.69. The zero-order chi connectivity index (χ0) is 16.9. The second-order valence-corrected chi connectivity index (χ2v) is 8.34. The second kappa shape index (κ2) is 8.34. The molecule has 0 saturated carbocycles. The minimum absolute atomic E-state index is 0.158. The normalized spacial score (nSPS) is 24.7. The molecule has 0 aromatic carbocycles. The predicted octanol–water partition coefficient (Wildman–Crippen LogP) is 2.56. The molecule has 1 amide bonds. The standard InChI is InChI=1S/C18H35N3O2/c1-18(2,3)23-17(22)21-10-7-15(8-11-21)12-19-13-16-6-5-9-20(4)14-16/h15-16,19H,5-14H2,1-4H3. The average molecular weight is 325 g/mol. The van der Waals surface area contributed by atoms with Gasteiger partial charge in [0, 0.05) is 19.6 Å². The van der Waals surface area contributed by atoms with Crippen LogP contribution in [-0.2, 0) is 4.74 Å². The number of hydrogen-bond acceptors (Lipinski definition) is 4. The van der Waals surface area contributed by atoms with Crippen molar-refractivity contribution >= 4 is 6.09 Å². The highest BCUT2D eigenvalue weighted by atomic mass is 16.6. The molecule has 23 heavy (non-hydrogen) atoms. The summed E-state index contributed by atoms with van der Waals surface area (Å²) in [5.41, 5.74) is -0.400. The highest BCUT2D eigenvalue weighted by Crippen LogP contribution is 2.20. The van der Waals surface area contributed by atoms with E-state index in [-0.39, 0.29) is 6.09 Å². The summed E-state index contributed by atoms with van der Waals surface area (Å²) >= 11 is 0. The number of rotatable bonds is 4. The van der Waals surface area contributed by atoms with Gasteiger partial charge in [-0.15, -0.1) is 0 Å². The number of carbonyl (C=O) groups is 1. The molecule has 5 nitrogen and oxygen atoms in total. The summed E-state index contributed by atoms with van der Waals surface area (Å²) in [5, 5.41) is 3.67. The van der Waals surface area contributed by atoms with Gasteiger partial charge < -0.3 is 19.9 Å². The minimum atomic E-state index is -0.400. The Labute approximate surface area is 141 Å². The Morgan fingerprint density at radius 3 is 2.35 bits per heavy atom. The largest absolute Gasteiger partial charge is 0.444 e. The molecule has 1 unspecified atom stereocenters. The number of piperidine rings is 2. The number of ether oxygens (including phenoxy) is 1. The van der Waals surface area contributed by atoms with Gasteiger partial charge in [0.1, 0.15) is 5.60 Å². The first-order chi connectivity index (χ1) is 10.8. The Balaban J connectivity index is 1.60. The van der Waals surface area contributed by atoms with E-state index in [1.807, 2.05) is 25.7 Å². The van der Waals surface area contributed by atoms with Gasteiger partial charge in [0.2, 0.25) is 0 Å². The van der Waals surface area contributed by atoms with Gasteiger partial charge in [0.15, 0.2) is 0 Å². The number of nitrogens with zero attached hydrogens (tertiary/aromatic N) is 2. The van der Waals surface area contributed by atoms with Crippen molar-refractivity contribution in [1.82, 2.24) is 15.1 Å². The van der Waals surface area contributed by atoms with Crippen molar-refractivity contribution < 1.29 is 9.53 Å². The fraction of sp³-hybridized carbons (Fsp3) is 0.944. The lowest BCUT2D eigenvalue weighted by molar-refractivity contribution is 0.0184. The zero-order valence-electron chi connectivity index (χ0n) is 15.4. The smallest absolute Gasteiger partial charge is 0.410 e. The van der Waals surface area contributed by atoms with E-state index in [4.69, 9.17) is 4.74 Å². The lowest BCUT2D eigenvalue weighted by atomic mass is 9.95. The number of hydrogen-bond donors (Lipinski definition) is 1. The summed E-state index contributed by atoms with van der Waals surface area (Å²) in [6, 6.07) is 0. The molecule has 0 spiro atoms. The zero-order valence-corrected chi connectivity index (χ0v) is 15.4. The molecule has 1 atom stereocenters. The van der Waals surface area contributed by atoms with Gasteiger partial charge in [-0.25, -0.2) is 4.79 Å². The Kier molecular flexibility index (Phi) is 6.72. The van der Waals surface area contributed by atoms with E-state index in [1.165, 1.54) is 25.9 Å². The third-order valence-electron chi connectivity index (χ3n) is 4.85. The maximum Gasteiger partial charge on any atom is 0.410 e. The van der Waals surface area contributed by atoms with Crippen molar-refractivity contribution in [3.8, 4) is 0 Å². The number of carbonyl (C=O) groups excluding carboxylic acids is 1. The third kappa shape index (κ3) is 6.68. The molecule has 2 aliphatic rings. The summed E-state index contributed by atoms with van der Waals surface area (Å²) in [5.74, 6) is 1.49. The van der Waals surface area contributed by atoms with Crippen LogP contribution in [-0.4, -0.2) is 67.8 Å². The van der Waals surface area contributed by atoms with Crippen LogP contribution >= 0.6 is 0 Å². The maximum atomic E-state index is 12.1. The van der Waals surface area contributed by atoms with E-state index in [2.05, 4.69) is 17.3 Å². The minimum Gasteiger partial charge on any atom is -0.444 e. The molecular formula is C18H35N3O2. The number of likely N-dealkylation sites (tertiary alicyclic amines) is 2. The molecular weight excluding hydrogens is 290 g/mol. The Bertz CT molecular complexity index is 373. The van der Waals surface area contributed by atoms with Crippen LogP contribution in [0.2, 0.25) is 0 Å². The molecule has 1 N–H and O–H groups in total. The van der Waals surface area contributed by atoms with Crippen molar-refractivity contribution in [3.05, 3.63) is 0 Å². The number of nitrogens with one attached hydrogen (secondary N) is 1. The van der Waals surface area contributed by atoms with Gasteiger partial charge in [-0.3, -0.25) is 0 Å². The van der Waals surface area contributed by atoms with Crippen LogP contribution in [0.4, 0.5) is 4.79 Å². The van der Waals surface area contributed by atoms with E-state index in [0.717, 1.165) is 44.9 Å². The topological polar surface area (TPSA) is 44.8 Å². The molecule has 2 fully saturated rings. The van der Waals surface area contributed by atoms with E-state index >= 15 is 0 Å². The summed E-state index contributed by atoms with van der Waals surface area (Å²) in [6.45, 7) is 12.1. The van der Waals surface area contributed by atoms with Crippen molar-refractivity contribution in [1.29, 1.82) is 0 Å². The Hall–Kier alpha value is -0.810. The van der Waals surface area contributed by atoms with Gasteiger partial charge in [0.05, 0.1) is 0 Å². The molecule has 2 heterocycles. The van der Waals surface area contributed by atoms with Crippen LogP contribution < -0.4 is 5.32 Å². The molecule has 0 aliphatic carbocycles. The van der Waals surface area contributed by atoms with E-state index in [0.29, 0.717) is 5.92 Å². The summed E-state index contributed by atoms with van der Waals surface area (Å²) in [4.78, 5) is 16.4. The number of amides is 1. The van der Waals surface area contributed by atoms with Crippen LogP contribution in [0.1, 0.15) is 46.5 Å². The van der Waals surface area contributed by atoms with Crippen molar-refractivity contribution in [2.24, 2.45) is 11.8 Å². The fourth-order valence-electron chi connectivity index (χ4n) is 3.58. The summed E-state index contributed by atoms with van der Waals surface area (Å²) in [7, 11) is 2.22. The van der Waals surface area contributed by atoms with Crippen LogP contribution in [0.5, 0.6) is 0 Å². The van der Waals surface area contributed by atoms with E-state index in [1.54, 1.807) is 0 Å². The van der Waals surface area contributed by atoms with Crippen molar-refractivity contribution in [3.63, 3.8) is 0 Å². The van der Waals surface area contributed by atoms with E-state index in [9.17, 15) is 4.79 Å². The van der Waals surface area contributed by atoms with Gasteiger partial charge in [-0.1, -0.05) is 0 Å². The van der Waals surface area contributed by atoms with Crippen LogP contribution in [0.3, 0.4) is 0 Å². The maximum absolute atomic E-state index is 12.1. The molecule has 2 saturated heterocycles. The molecule has 0 aromatic rings. The Morgan fingerprint density at radius 2 is 1.74 bits per heavy atom. The Morgan fingerprint density at radius 1 is 1.09 bits per heavy atom. The van der Waals surface area contributed by atoms with Crippen LogP contribution in [0, 0.1) is 11.8 Å². The lowest BCUT2D eigenvalue weighted by Gasteiger charge is -2.34. The first-order valence-electron chi connectivity index (χ1n) is 9.20. The molecule has 0 radical (unpaired) electrons. The van der Waals surface area contributed by atoms with Crippen molar-refractivity contribution in [2.75, 3.05) is 46.3 Å². The lowest BCUT2D eigenvalue weighted by Crippen LogP contribution is -2.44. The van der Waals surface area contributed by atoms with Gasteiger partial charge >= 0.3 is 6.09 Å². The molecule has 2 aliphatic heterocycles. The van der Waals surface area contributed by atoms with E-state index < -0.39 is 5.60 Å². The molecule has 0 aromatic heterocycles. The molecule has 5 heteroatoms.